The molecular formula is C17H18N2O3. The standard InChI is InChI=1S/C17H18N2O3/c1-3-19(14-7-4-12(2)5-8-14)18-17(20)13-6-9-15-16(10-13)22-11-21-15/h4-10H,3,11H2,1-2H3,(H,18,20). The van der Waals surface area contributed by atoms with Crippen molar-refractivity contribution in [2.45, 2.75) is 13.8 Å². The maximum Gasteiger partial charge on any atom is 0.269 e. The van der Waals surface area contributed by atoms with Crippen molar-refractivity contribution in [1.82, 2.24) is 5.43 Å². The summed E-state index contributed by atoms with van der Waals surface area (Å²) in [6.45, 7) is 4.88. The zero-order chi connectivity index (χ0) is 15.5. The molecule has 22 heavy (non-hydrogen) atoms. The molecule has 0 bridgehead atoms. The smallest absolute Gasteiger partial charge is 0.269 e. The van der Waals surface area contributed by atoms with Crippen molar-refractivity contribution in [3.05, 3.63) is 53.6 Å². The predicted octanol–water partition coefficient (Wildman–Crippen LogP) is 2.90. The highest BCUT2D eigenvalue weighted by molar-refractivity contribution is 5.95. The molecule has 0 saturated carbocycles. The van der Waals surface area contributed by atoms with Gasteiger partial charge in [-0.2, -0.15) is 0 Å². The number of hydrogen-bond donors (Lipinski definition) is 1. The Morgan fingerprint density at radius 3 is 2.59 bits per heavy atom. The number of aryl methyl sites for hydroxylation is 1. The summed E-state index contributed by atoms with van der Waals surface area (Å²) in [6.07, 6.45) is 0. The number of benzene rings is 2. The van der Waals surface area contributed by atoms with E-state index in [1.54, 1.807) is 18.2 Å². The molecule has 1 heterocycles. The SMILES string of the molecule is CCN(NC(=O)c1ccc2c(c1)OCO2)c1ccc(C)cc1. The fourth-order valence-corrected chi connectivity index (χ4v) is 2.28. The van der Waals surface area contributed by atoms with E-state index in [1.165, 1.54) is 5.56 Å². The van der Waals surface area contributed by atoms with Gasteiger partial charge in [0.2, 0.25) is 6.79 Å². The molecule has 2 aromatic carbocycles. The third kappa shape index (κ3) is 2.83. The Morgan fingerprint density at radius 2 is 1.86 bits per heavy atom. The Balaban J connectivity index is 1.76. The normalized spacial score (nSPS) is 12.1. The van der Waals surface area contributed by atoms with Crippen LogP contribution in [0.5, 0.6) is 11.5 Å². The van der Waals surface area contributed by atoms with E-state index in [0.29, 0.717) is 23.6 Å². The minimum absolute atomic E-state index is 0.180. The van der Waals surface area contributed by atoms with Crippen LogP contribution in [-0.4, -0.2) is 19.2 Å². The first-order chi connectivity index (χ1) is 10.7. The van der Waals surface area contributed by atoms with Crippen molar-refractivity contribution >= 4 is 11.6 Å². The van der Waals surface area contributed by atoms with E-state index in [0.717, 1.165) is 5.69 Å². The van der Waals surface area contributed by atoms with Crippen LogP contribution >= 0.6 is 0 Å². The quantitative estimate of drug-likeness (QED) is 0.882. The van der Waals surface area contributed by atoms with E-state index in [-0.39, 0.29) is 12.7 Å². The van der Waals surface area contributed by atoms with Crippen LogP contribution < -0.4 is 19.9 Å². The summed E-state index contributed by atoms with van der Waals surface area (Å²) < 4.78 is 10.6. The zero-order valence-corrected chi connectivity index (χ0v) is 12.6. The van der Waals surface area contributed by atoms with Gasteiger partial charge in [0.25, 0.3) is 5.91 Å². The second-order valence-electron chi connectivity index (χ2n) is 5.09. The van der Waals surface area contributed by atoms with Crippen LogP contribution in [0.15, 0.2) is 42.5 Å². The third-order valence-electron chi connectivity index (χ3n) is 3.53. The molecule has 114 valence electrons. The number of carbonyl (C=O) groups excluding carboxylic acids is 1. The van der Waals surface area contributed by atoms with Gasteiger partial charge in [0.05, 0.1) is 5.69 Å². The predicted molar refractivity (Wildman–Crippen MR) is 84.2 cm³/mol. The monoisotopic (exact) mass is 298 g/mol. The van der Waals surface area contributed by atoms with Gasteiger partial charge < -0.3 is 9.47 Å². The van der Waals surface area contributed by atoms with Crippen LogP contribution in [0.3, 0.4) is 0 Å². The van der Waals surface area contributed by atoms with Gasteiger partial charge >= 0.3 is 0 Å². The third-order valence-corrected chi connectivity index (χ3v) is 3.53. The molecule has 0 aromatic heterocycles. The second kappa shape index (κ2) is 5.97. The van der Waals surface area contributed by atoms with Crippen LogP contribution in [0.25, 0.3) is 0 Å². The molecule has 0 radical (unpaired) electrons. The van der Waals surface area contributed by atoms with Crippen LogP contribution in [-0.2, 0) is 0 Å². The minimum atomic E-state index is -0.180. The number of rotatable bonds is 4. The maximum atomic E-state index is 12.4. The minimum Gasteiger partial charge on any atom is -0.454 e. The molecule has 1 aliphatic rings. The van der Waals surface area contributed by atoms with Crippen molar-refractivity contribution < 1.29 is 14.3 Å². The first-order valence-electron chi connectivity index (χ1n) is 7.22. The highest BCUT2D eigenvalue weighted by atomic mass is 16.7. The van der Waals surface area contributed by atoms with Gasteiger partial charge in [-0.3, -0.25) is 15.2 Å². The number of amides is 1. The van der Waals surface area contributed by atoms with Crippen molar-refractivity contribution in [2.75, 3.05) is 18.3 Å². The van der Waals surface area contributed by atoms with Crippen LogP contribution in [0.1, 0.15) is 22.8 Å². The molecule has 0 aliphatic carbocycles. The van der Waals surface area contributed by atoms with Gasteiger partial charge in [0.15, 0.2) is 11.5 Å². The van der Waals surface area contributed by atoms with Crippen molar-refractivity contribution in [3.63, 3.8) is 0 Å². The van der Waals surface area contributed by atoms with Gasteiger partial charge in [-0.15, -0.1) is 0 Å². The van der Waals surface area contributed by atoms with Gasteiger partial charge in [0, 0.05) is 12.1 Å². The fourth-order valence-electron chi connectivity index (χ4n) is 2.28. The van der Waals surface area contributed by atoms with E-state index < -0.39 is 0 Å². The van der Waals surface area contributed by atoms with Gasteiger partial charge in [-0.05, 0) is 44.2 Å². The average molecular weight is 298 g/mol. The number of anilines is 1. The van der Waals surface area contributed by atoms with E-state index in [9.17, 15) is 4.79 Å². The summed E-state index contributed by atoms with van der Waals surface area (Å²) in [7, 11) is 0. The summed E-state index contributed by atoms with van der Waals surface area (Å²) in [6, 6.07) is 13.2. The first kappa shape index (κ1) is 14.3. The molecular weight excluding hydrogens is 280 g/mol. The molecule has 1 amide bonds. The summed E-state index contributed by atoms with van der Waals surface area (Å²) in [5, 5.41) is 1.81. The van der Waals surface area contributed by atoms with Crippen LogP contribution in [0.4, 0.5) is 5.69 Å². The lowest BCUT2D eigenvalue weighted by molar-refractivity contribution is 0.0949. The van der Waals surface area contributed by atoms with Gasteiger partial charge in [0.1, 0.15) is 0 Å². The highest BCUT2D eigenvalue weighted by Gasteiger charge is 2.17. The Kier molecular flexibility index (Phi) is 3.87. The molecule has 1 N–H and O–H groups in total. The van der Waals surface area contributed by atoms with E-state index >= 15 is 0 Å². The molecule has 3 rings (SSSR count). The summed E-state index contributed by atoms with van der Waals surface area (Å²) in [5.74, 6) is 1.09. The number of nitrogens with zero attached hydrogens (tertiary/aromatic N) is 1. The van der Waals surface area contributed by atoms with E-state index in [1.807, 2.05) is 43.1 Å². The summed E-state index contributed by atoms with van der Waals surface area (Å²) >= 11 is 0. The number of hydrogen-bond acceptors (Lipinski definition) is 4. The number of carbonyl (C=O) groups is 1. The van der Waals surface area contributed by atoms with Crippen molar-refractivity contribution in [3.8, 4) is 11.5 Å². The van der Waals surface area contributed by atoms with Crippen LogP contribution in [0, 0.1) is 6.92 Å². The van der Waals surface area contributed by atoms with E-state index in [2.05, 4.69) is 5.43 Å². The number of fused-ring (bicyclic) bond motifs is 1. The molecule has 0 saturated heterocycles. The lowest BCUT2D eigenvalue weighted by Gasteiger charge is -2.24. The molecule has 5 nitrogen and oxygen atoms in total. The molecule has 0 atom stereocenters. The molecule has 1 aliphatic heterocycles. The maximum absolute atomic E-state index is 12.4. The van der Waals surface area contributed by atoms with Gasteiger partial charge in [-0.25, -0.2) is 0 Å². The van der Waals surface area contributed by atoms with Gasteiger partial charge in [-0.1, -0.05) is 17.7 Å². The summed E-state index contributed by atoms with van der Waals surface area (Å²) in [5.41, 5.74) is 5.57. The first-order valence-corrected chi connectivity index (χ1v) is 7.22. The lowest BCUT2D eigenvalue weighted by atomic mass is 10.2. The molecule has 0 fully saturated rings. The Morgan fingerprint density at radius 1 is 1.14 bits per heavy atom. The van der Waals surface area contributed by atoms with Crippen molar-refractivity contribution in [1.29, 1.82) is 0 Å². The largest absolute Gasteiger partial charge is 0.454 e. The second-order valence-corrected chi connectivity index (χ2v) is 5.09. The molecule has 2 aromatic rings. The lowest BCUT2D eigenvalue weighted by Crippen LogP contribution is -2.42. The topological polar surface area (TPSA) is 50.8 Å². The Hall–Kier alpha value is -2.69. The summed E-state index contributed by atoms with van der Waals surface area (Å²) in [4.78, 5) is 12.4. The Labute approximate surface area is 129 Å². The van der Waals surface area contributed by atoms with Crippen molar-refractivity contribution in [2.24, 2.45) is 0 Å². The van der Waals surface area contributed by atoms with Crippen LogP contribution in [0.2, 0.25) is 0 Å². The molecule has 0 unspecified atom stereocenters. The molecule has 0 spiro atoms. The number of ether oxygens (including phenoxy) is 2. The van der Waals surface area contributed by atoms with E-state index in [4.69, 9.17) is 9.47 Å². The average Bonchev–Trinajstić information content (AvgIpc) is 3.01. The number of nitrogens with one attached hydrogen (secondary N) is 1. The number of hydrazine groups is 1. The molecule has 5 heteroatoms. The fraction of sp³-hybridized carbons (Fsp3) is 0.235. The highest BCUT2D eigenvalue weighted by Crippen LogP contribution is 2.32. The Bertz CT molecular complexity index is 683. The zero-order valence-electron chi connectivity index (χ0n) is 12.6.